The monoisotopic (exact) mass is 385 g/mol. The summed E-state index contributed by atoms with van der Waals surface area (Å²) in [7, 11) is 1.46. The summed E-state index contributed by atoms with van der Waals surface area (Å²) in [5, 5.41) is 9.18. The quantitative estimate of drug-likeness (QED) is 0.783. The first kappa shape index (κ1) is 19.9. The maximum absolute atomic E-state index is 11.2. The maximum Gasteiger partial charge on any atom is 0.412 e. The van der Waals surface area contributed by atoms with Gasteiger partial charge in [-0.1, -0.05) is 19.9 Å². The third-order valence-electron chi connectivity index (χ3n) is 4.68. The van der Waals surface area contributed by atoms with Gasteiger partial charge < -0.3 is 20.3 Å². The second kappa shape index (κ2) is 7.67. The molecule has 0 fully saturated rings. The molecule has 3 rings (SSSR count). The number of anilines is 1. The Kier molecular flexibility index (Phi) is 5.47. The molecule has 1 aromatic heterocycles. The lowest BCUT2D eigenvalue weighted by Gasteiger charge is -2.27. The number of carbonyl (C=O) groups is 1. The van der Waals surface area contributed by atoms with E-state index in [1.807, 2.05) is 25.1 Å². The van der Waals surface area contributed by atoms with Gasteiger partial charge in [-0.3, -0.25) is 4.90 Å². The van der Waals surface area contributed by atoms with Gasteiger partial charge in [0.1, 0.15) is 30.5 Å². The fourth-order valence-corrected chi connectivity index (χ4v) is 3.48. The predicted molar refractivity (Wildman–Crippen MR) is 108 cm³/mol. The van der Waals surface area contributed by atoms with Crippen LogP contribution >= 0.6 is 0 Å². The Labute approximate surface area is 165 Å². The van der Waals surface area contributed by atoms with Crippen LogP contribution in [-0.4, -0.2) is 35.4 Å². The molecule has 0 saturated heterocycles. The molecule has 7 heteroatoms. The van der Waals surface area contributed by atoms with Crippen molar-refractivity contribution in [2.45, 2.75) is 39.3 Å². The van der Waals surface area contributed by atoms with Gasteiger partial charge in [0.05, 0.1) is 6.20 Å². The standard InChI is InChI=1S/C21H27N3O4/c1-13(2)9-21(3,22)12-28-15-5-6-16-14(7-15)11-27-18-10-23-19(8-17(16)18)24(4)20(25)26/h5-8,10,13H,9,11-12,22H2,1-4H3,(H,25,26). The van der Waals surface area contributed by atoms with Crippen LogP contribution in [-0.2, 0) is 6.61 Å². The molecule has 1 aromatic carbocycles. The number of nitrogens with two attached hydrogens (primary N) is 1. The number of aromatic nitrogens is 1. The summed E-state index contributed by atoms with van der Waals surface area (Å²) in [4.78, 5) is 16.4. The smallest absolute Gasteiger partial charge is 0.412 e. The van der Waals surface area contributed by atoms with Crippen LogP contribution in [0.3, 0.4) is 0 Å². The number of nitrogens with zero attached hydrogens (tertiary/aromatic N) is 2. The maximum atomic E-state index is 11.2. The number of pyridine rings is 1. The van der Waals surface area contributed by atoms with Gasteiger partial charge in [-0.25, -0.2) is 9.78 Å². The van der Waals surface area contributed by atoms with Crippen molar-refractivity contribution in [2.75, 3.05) is 18.6 Å². The van der Waals surface area contributed by atoms with Crippen molar-refractivity contribution >= 4 is 11.9 Å². The van der Waals surface area contributed by atoms with Crippen molar-refractivity contribution in [3.05, 3.63) is 36.0 Å². The van der Waals surface area contributed by atoms with Gasteiger partial charge in [-0.05, 0) is 43.0 Å². The van der Waals surface area contributed by atoms with Gasteiger partial charge >= 0.3 is 6.09 Å². The molecule has 1 unspecified atom stereocenters. The van der Waals surface area contributed by atoms with Crippen LogP contribution in [0.1, 0.15) is 32.8 Å². The summed E-state index contributed by atoms with van der Waals surface area (Å²) < 4.78 is 11.7. The van der Waals surface area contributed by atoms with Gasteiger partial charge in [-0.15, -0.1) is 0 Å². The second-order valence-electron chi connectivity index (χ2n) is 8.03. The molecule has 2 aromatic rings. The minimum atomic E-state index is -1.07. The Hall–Kier alpha value is -2.80. The minimum Gasteiger partial charge on any atom is -0.492 e. The Balaban J connectivity index is 1.83. The van der Waals surface area contributed by atoms with E-state index in [1.165, 1.54) is 7.05 Å². The highest BCUT2D eigenvalue weighted by Gasteiger charge is 2.23. The molecule has 1 aliphatic rings. The highest BCUT2D eigenvalue weighted by molar-refractivity contribution is 5.86. The van der Waals surface area contributed by atoms with Crippen molar-refractivity contribution < 1.29 is 19.4 Å². The number of hydrogen-bond donors (Lipinski definition) is 2. The van der Waals surface area contributed by atoms with Crippen LogP contribution in [0.4, 0.5) is 10.6 Å². The zero-order chi connectivity index (χ0) is 20.5. The summed E-state index contributed by atoms with van der Waals surface area (Å²) in [5.41, 5.74) is 8.70. The number of benzene rings is 1. The normalized spacial score (nSPS) is 14.5. The first-order valence-electron chi connectivity index (χ1n) is 9.31. The molecule has 3 N–H and O–H groups in total. The van der Waals surface area contributed by atoms with E-state index in [0.717, 1.165) is 33.8 Å². The van der Waals surface area contributed by atoms with Gasteiger partial charge in [0.15, 0.2) is 0 Å². The van der Waals surface area contributed by atoms with Crippen LogP contribution < -0.4 is 20.1 Å². The fraction of sp³-hybridized carbons (Fsp3) is 0.429. The molecule has 1 aliphatic heterocycles. The Morgan fingerprint density at radius 2 is 2.14 bits per heavy atom. The number of hydrogen-bond acceptors (Lipinski definition) is 5. The Morgan fingerprint density at radius 1 is 1.39 bits per heavy atom. The molecule has 2 heterocycles. The minimum absolute atomic E-state index is 0.343. The van der Waals surface area contributed by atoms with Crippen LogP contribution in [0.15, 0.2) is 30.5 Å². The molecule has 0 aliphatic carbocycles. The van der Waals surface area contributed by atoms with Gasteiger partial charge in [0.2, 0.25) is 0 Å². The zero-order valence-electron chi connectivity index (χ0n) is 16.7. The lowest BCUT2D eigenvalue weighted by atomic mass is 9.93. The Bertz CT molecular complexity index is 880. The van der Waals surface area contributed by atoms with E-state index < -0.39 is 11.6 Å². The average Bonchev–Trinajstić information content (AvgIpc) is 2.64. The van der Waals surface area contributed by atoms with Crippen molar-refractivity contribution in [1.82, 2.24) is 4.98 Å². The molecular weight excluding hydrogens is 358 g/mol. The lowest BCUT2D eigenvalue weighted by molar-refractivity contribution is 0.203. The molecule has 0 radical (unpaired) electrons. The van der Waals surface area contributed by atoms with Crippen LogP contribution in [0, 0.1) is 5.92 Å². The summed E-state index contributed by atoms with van der Waals surface area (Å²) >= 11 is 0. The summed E-state index contributed by atoms with van der Waals surface area (Å²) in [6.45, 7) is 7.12. The van der Waals surface area contributed by atoms with E-state index >= 15 is 0 Å². The lowest BCUT2D eigenvalue weighted by Crippen LogP contribution is -2.43. The zero-order valence-corrected chi connectivity index (χ0v) is 16.7. The van der Waals surface area contributed by atoms with Gasteiger partial charge in [0.25, 0.3) is 0 Å². The summed E-state index contributed by atoms with van der Waals surface area (Å²) in [6, 6.07) is 7.54. The molecule has 1 atom stereocenters. The van der Waals surface area contributed by atoms with Gasteiger partial charge in [0, 0.05) is 23.7 Å². The fourth-order valence-electron chi connectivity index (χ4n) is 3.48. The summed E-state index contributed by atoms with van der Waals surface area (Å²) in [6.07, 6.45) is 1.37. The average molecular weight is 385 g/mol. The number of amides is 1. The third kappa shape index (κ3) is 4.36. The topological polar surface area (TPSA) is 97.9 Å². The number of carboxylic acid groups (broad SMARTS) is 1. The van der Waals surface area contributed by atoms with Crippen molar-refractivity contribution in [3.63, 3.8) is 0 Å². The molecule has 28 heavy (non-hydrogen) atoms. The molecule has 0 bridgehead atoms. The molecule has 0 saturated carbocycles. The van der Waals surface area contributed by atoms with Crippen molar-refractivity contribution in [1.29, 1.82) is 0 Å². The number of rotatable bonds is 6. The van der Waals surface area contributed by atoms with Crippen LogP contribution in [0.5, 0.6) is 11.5 Å². The predicted octanol–water partition coefficient (Wildman–Crippen LogP) is 3.90. The van der Waals surface area contributed by atoms with Crippen molar-refractivity contribution in [3.8, 4) is 22.6 Å². The van der Waals surface area contributed by atoms with Crippen LogP contribution in [0.25, 0.3) is 11.1 Å². The van der Waals surface area contributed by atoms with Crippen LogP contribution in [0.2, 0.25) is 0 Å². The molecule has 7 nitrogen and oxygen atoms in total. The first-order valence-corrected chi connectivity index (χ1v) is 9.31. The largest absolute Gasteiger partial charge is 0.492 e. The van der Waals surface area contributed by atoms with E-state index in [2.05, 4.69) is 18.8 Å². The molecule has 150 valence electrons. The Morgan fingerprint density at radius 3 is 2.82 bits per heavy atom. The second-order valence-corrected chi connectivity index (χ2v) is 8.03. The number of fused-ring (bicyclic) bond motifs is 3. The van der Waals surface area contributed by atoms with E-state index in [0.29, 0.717) is 30.7 Å². The van der Waals surface area contributed by atoms with E-state index in [-0.39, 0.29) is 0 Å². The third-order valence-corrected chi connectivity index (χ3v) is 4.68. The molecular formula is C21H27N3O4. The first-order chi connectivity index (χ1) is 13.2. The SMILES string of the molecule is CC(C)CC(C)(N)COc1ccc2c(c1)COc1cnc(N(C)C(=O)O)cc1-2. The van der Waals surface area contributed by atoms with E-state index in [1.54, 1.807) is 12.3 Å². The van der Waals surface area contributed by atoms with Gasteiger partial charge in [-0.2, -0.15) is 0 Å². The van der Waals surface area contributed by atoms with Crippen molar-refractivity contribution in [2.24, 2.45) is 11.7 Å². The summed E-state index contributed by atoms with van der Waals surface area (Å²) in [5.74, 6) is 2.22. The highest BCUT2D eigenvalue weighted by atomic mass is 16.5. The number of ether oxygens (including phenoxy) is 2. The highest BCUT2D eigenvalue weighted by Crippen LogP contribution is 2.40. The molecule has 1 amide bonds. The van der Waals surface area contributed by atoms with E-state index in [4.69, 9.17) is 15.2 Å². The van der Waals surface area contributed by atoms with E-state index in [9.17, 15) is 9.90 Å². The molecule has 0 spiro atoms.